The van der Waals surface area contributed by atoms with Crippen molar-refractivity contribution in [1.82, 2.24) is 0 Å². The van der Waals surface area contributed by atoms with Crippen molar-refractivity contribution in [3.8, 4) is 17.9 Å². The molecule has 134 valence electrons. The first-order chi connectivity index (χ1) is 12.3. The molecule has 2 fully saturated rings. The van der Waals surface area contributed by atoms with E-state index in [1.807, 2.05) is 0 Å². The van der Waals surface area contributed by atoms with E-state index in [-0.39, 0.29) is 19.0 Å². The first-order valence-corrected chi connectivity index (χ1v) is 7.58. The molecule has 7 nitrogen and oxygen atoms in total. The molecule has 2 heterocycles. The van der Waals surface area contributed by atoms with Gasteiger partial charge in [-0.2, -0.15) is 10.5 Å². The second-order valence-corrected chi connectivity index (χ2v) is 6.17. The molecule has 0 amide bonds. The number of aliphatic imine (C=N–C) groups is 1. The molecule has 1 spiro atoms. The Labute approximate surface area is 145 Å². The third-order valence-corrected chi connectivity index (χ3v) is 5.05. The Hall–Kier alpha value is -2.82. The minimum atomic E-state index is -4.81. The molecular formula is C16H11F3N4O3. The summed E-state index contributed by atoms with van der Waals surface area (Å²) in [6.45, 7) is 0.375. The quantitative estimate of drug-likeness (QED) is 0.856. The number of nitrogens with zero attached hydrogens (tertiary/aromatic N) is 3. The molecule has 3 aliphatic rings. The summed E-state index contributed by atoms with van der Waals surface area (Å²) < 4.78 is 51.9. The Morgan fingerprint density at radius 2 is 1.77 bits per heavy atom. The first-order valence-electron chi connectivity index (χ1n) is 7.58. The number of ether oxygens (including phenoxy) is 3. The van der Waals surface area contributed by atoms with Crippen molar-refractivity contribution in [2.45, 2.75) is 18.2 Å². The number of nitrogens with two attached hydrogens (primary N) is 1. The smallest absolute Gasteiger partial charge is 0.406 e. The summed E-state index contributed by atoms with van der Waals surface area (Å²) >= 11 is 0. The van der Waals surface area contributed by atoms with Crippen LogP contribution in [0.1, 0.15) is 11.5 Å². The van der Waals surface area contributed by atoms with Crippen molar-refractivity contribution in [2.75, 3.05) is 13.2 Å². The zero-order valence-corrected chi connectivity index (χ0v) is 13.1. The molecule has 10 heteroatoms. The monoisotopic (exact) mass is 364 g/mol. The van der Waals surface area contributed by atoms with Crippen LogP contribution in [0.3, 0.4) is 0 Å². The Balaban J connectivity index is 1.76. The second-order valence-electron chi connectivity index (χ2n) is 6.17. The van der Waals surface area contributed by atoms with Crippen molar-refractivity contribution in [1.29, 1.82) is 10.5 Å². The average molecular weight is 364 g/mol. The zero-order chi connectivity index (χ0) is 18.8. The van der Waals surface area contributed by atoms with Crippen molar-refractivity contribution in [3.63, 3.8) is 0 Å². The maximum absolute atomic E-state index is 12.3. The minimum absolute atomic E-state index is 0.0796. The molecule has 1 saturated carbocycles. The molecule has 2 aliphatic heterocycles. The van der Waals surface area contributed by atoms with Crippen molar-refractivity contribution < 1.29 is 27.4 Å². The van der Waals surface area contributed by atoms with E-state index in [4.69, 9.17) is 15.2 Å². The molecule has 3 unspecified atom stereocenters. The van der Waals surface area contributed by atoms with E-state index >= 15 is 0 Å². The van der Waals surface area contributed by atoms with Gasteiger partial charge in [0, 0.05) is 5.92 Å². The van der Waals surface area contributed by atoms with Gasteiger partial charge in [-0.1, -0.05) is 12.1 Å². The van der Waals surface area contributed by atoms with Crippen LogP contribution in [-0.4, -0.2) is 31.3 Å². The molecule has 1 aromatic rings. The summed E-state index contributed by atoms with van der Waals surface area (Å²) in [6, 6.07) is 9.10. The summed E-state index contributed by atoms with van der Waals surface area (Å²) in [5.74, 6) is -2.91. The van der Waals surface area contributed by atoms with Gasteiger partial charge in [-0.15, -0.1) is 13.2 Å². The molecule has 0 radical (unpaired) electrons. The van der Waals surface area contributed by atoms with E-state index in [2.05, 4.69) is 21.9 Å². The third-order valence-electron chi connectivity index (χ3n) is 5.05. The van der Waals surface area contributed by atoms with Crippen LogP contribution >= 0.6 is 0 Å². The van der Waals surface area contributed by atoms with Gasteiger partial charge in [0.25, 0.3) is 5.91 Å². The van der Waals surface area contributed by atoms with Crippen LogP contribution in [0.4, 0.5) is 13.2 Å². The molecule has 3 atom stereocenters. The highest BCUT2D eigenvalue weighted by molar-refractivity contribution is 6.00. The summed E-state index contributed by atoms with van der Waals surface area (Å²) in [5.41, 5.74) is 3.45. The van der Waals surface area contributed by atoms with Crippen LogP contribution in [0.25, 0.3) is 0 Å². The van der Waals surface area contributed by atoms with Gasteiger partial charge in [0.2, 0.25) is 0 Å². The zero-order valence-electron chi connectivity index (χ0n) is 13.1. The number of hydrogen-bond donors (Lipinski definition) is 1. The van der Waals surface area contributed by atoms with Gasteiger partial charge < -0.3 is 19.9 Å². The maximum Gasteiger partial charge on any atom is 0.573 e. The number of hydrogen-bond acceptors (Lipinski definition) is 7. The van der Waals surface area contributed by atoms with Gasteiger partial charge in [-0.05, 0) is 17.7 Å². The molecule has 4 rings (SSSR count). The largest absolute Gasteiger partial charge is 0.573 e. The second kappa shape index (κ2) is 4.87. The van der Waals surface area contributed by atoms with E-state index < -0.39 is 34.8 Å². The Morgan fingerprint density at radius 3 is 2.27 bits per heavy atom. The van der Waals surface area contributed by atoms with Crippen LogP contribution in [0, 0.1) is 33.5 Å². The minimum Gasteiger partial charge on any atom is -0.406 e. The first kappa shape index (κ1) is 16.6. The van der Waals surface area contributed by atoms with Crippen LogP contribution in [0.15, 0.2) is 29.3 Å². The topological polar surface area (TPSA) is 114 Å². The highest BCUT2D eigenvalue weighted by Crippen LogP contribution is 2.82. The third kappa shape index (κ3) is 1.75. The average Bonchev–Trinajstić information content (AvgIpc) is 2.83. The van der Waals surface area contributed by atoms with Crippen LogP contribution in [0.2, 0.25) is 0 Å². The lowest BCUT2D eigenvalue weighted by molar-refractivity contribution is -0.274. The van der Waals surface area contributed by atoms with Crippen LogP contribution in [0.5, 0.6) is 5.75 Å². The van der Waals surface area contributed by atoms with E-state index in [0.29, 0.717) is 5.56 Å². The van der Waals surface area contributed by atoms with E-state index in [1.54, 1.807) is 0 Å². The van der Waals surface area contributed by atoms with E-state index in [0.717, 1.165) is 12.1 Å². The normalized spacial score (nSPS) is 33.9. The standard InChI is InChI=1S/C16H11F3N4O3/c17-16(18,19)26-10-3-1-9(2-4-10)11-13(7-20)12(22)23-15(14(11,13)8-21)24-5-6-25-15/h1-4,11H,5-6H2,(H2,22,23). The van der Waals surface area contributed by atoms with Gasteiger partial charge in [-0.25, -0.2) is 4.99 Å². The predicted octanol–water partition coefficient (Wildman–Crippen LogP) is 1.77. The maximum atomic E-state index is 12.3. The summed E-state index contributed by atoms with van der Waals surface area (Å²) in [6.07, 6.45) is -4.81. The molecule has 1 aromatic carbocycles. The molecule has 2 N–H and O–H groups in total. The predicted molar refractivity (Wildman–Crippen MR) is 78.2 cm³/mol. The highest BCUT2D eigenvalue weighted by Gasteiger charge is 2.94. The van der Waals surface area contributed by atoms with Crippen LogP contribution in [-0.2, 0) is 9.47 Å². The molecule has 26 heavy (non-hydrogen) atoms. The van der Waals surface area contributed by atoms with Gasteiger partial charge in [0.1, 0.15) is 17.0 Å². The van der Waals surface area contributed by atoms with Gasteiger partial charge in [0.05, 0.1) is 25.4 Å². The number of benzene rings is 1. The number of halogens is 3. The lowest BCUT2D eigenvalue weighted by Gasteiger charge is -2.25. The van der Waals surface area contributed by atoms with Crippen molar-refractivity contribution in [3.05, 3.63) is 29.8 Å². The molecule has 1 saturated heterocycles. The summed E-state index contributed by atoms with van der Waals surface area (Å²) in [5, 5.41) is 19.7. The van der Waals surface area contributed by atoms with Crippen LogP contribution < -0.4 is 10.5 Å². The lowest BCUT2D eigenvalue weighted by atomic mass is 9.94. The Bertz CT molecular complexity index is 880. The molecule has 0 bridgehead atoms. The molecular weight excluding hydrogens is 353 g/mol. The summed E-state index contributed by atoms with van der Waals surface area (Å²) in [4.78, 5) is 4.11. The lowest BCUT2D eigenvalue weighted by Crippen LogP contribution is -2.38. The summed E-state index contributed by atoms with van der Waals surface area (Å²) in [7, 11) is 0. The fourth-order valence-corrected chi connectivity index (χ4v) is 4.08. The SMILES string of the molecule is N#CC12C(N)=NC3(OCCO3)C1(C#N)C2c1ccc(OC(F)(F)F)cc1. The Kier molecular flexibility index (Phi) is 3.12. The fraction of sp³-hybridized carbons (Fsp3) is 0.438. The van der Waals surface area contributed by atoms with E-state index in [9.17, 15) is 23.7 Å². The number of rotatable bonds is 2. The molecule has 1 aliphatic carbocycles. The van der Waals surface area contributed by atoms with E-state index in [1.165, 1.54) is 12.1 Å². The number of nitriles is 2. The number of amidine groups is 1. The molecule has 0 aromatic heterocycles. The van der Waals surface area contributed by atoms with Gasteiger partial charge in [-0.3, -0.25) is 0 Å². The van der Waals surface area contributed by atoms with Gasteiger partial charge >= 0.3 is 6.36 Å². The van der Waals surface area contributed by atoms with Gasteiger partial charge in [0.15, 0.2) is 5.41 Å². The van der Waals surface area contributed by atoms with Crippen molar-refractivity contribution >= 4 is 5.84 Å². The Morgan fingerprint density at radius 1 is 1.15 bits per heavy atom. The highest BCUT2D eigenvalue weighted by atomic mass is 19.4. The van der Waals surface area contributed by atoms with Crippen molar-refractivity contribution in [2.24, 2.45) is 21.6 Å². The fourth-order valence-electron chi connectivity index (χ4n) is 4.08. The number of alkyl halides is 3. The number of fused-ring (bicyclic) bond motifs is 2.